The molecule has 0 aromatic rings. The third-order valence-corrected chi connectivity index (χ3v) is 4.18. The van der Waals surface area contributed by atoms with Gasteiger partial charge in [-0.1, -0.05) is 13.3 Å². The molecule has 1 rings (SSSR count). The molecular formula is C14H28N2O2. The van der Waals surface area contributed by atoms with Crippen LogP contribution in [0.25, 0.3) is 0 Å². The van der Waals surface area contributed by atoms with Crippen LogP contribution in [0.2, 0.25) is 0 Å². The van der Waals surface area contributed by atoms with Gasteiger partial charge in [0.25, 0.3) is 0 Å². The average molecular weight is 256 g/mol. The summed E-state index contributed by atoms with van der Waals surface area (Å²) in [4.78, 5) is 14.2. The highest BCUT2D eigenvalue weighted by Gasteiger charge is 2.44. The van der Waals surface area contributed by atoms with E-state index in [1.165, 1.54) is 12.8 Å². The zero-order valence-electron chi connectivity index (χ0n) is 12.2. The van der Waals surface area contributed by atoms with Gasteiger partial charge in [0.1, 0.15) is 5.54 Å². The molecule has 0 bridgehead atoms. The van der Waals surface area contributed by atoms with Crippen molar-refractivity contribution in [3.63, 3.8) is 0 Å². The molecule has 1 aliphatic rings. The number of esters is 1. The van der Waals surface area contributed by atoms with Crippen molar-refractivity contribution in [3.8, 4) is 0 Å². The quantitative estimate of drug-likeness (QED) is 0.738. The van der Waals surface area contributed by atoms with Crippen LogP contribution in [0.4, 0.5) is 0 Å². The molecule has 3 unspecified atom stereocenters. The number of hydrogen-bond donors (Lipinski definition) is 1. The van der Waals surface area contributed by atoms with Gasteiger partial charge >= 0.3 is 5.97 Å². The number of carbonyl (C=O) groups is 1. The van der Waals surface area contributed by atoms with Crippen molar-refractivity contribution in [2.75, 3.05) is 13.7 Å². The number of carbonyl (C=O) groups excluding carboxylic acids is 1. The molecule has 0 heterocycles. The lowest BCUT2D eigenvalue weighted by molar-refractivity contribution is -0.149. The summed E-state index contributed by atoms with van der Waals surface area (Å²) in [7, 11) is 2.14. The van der Waals surface area contributed by atoms with E-state index in [4.69, 9.17) is 10.5 Å². The lowest BCUT2D eigenvalue weighted by Gasteiger charge is -2.31. The molecule has 0 aromatic carbocycles. The summed E-state index contributed by atoms with van der Waals surface area (Å²) in [6.07, 6.45) is 4.81. The third-order valence-electron chi connectivity index (χ3n) is 4.18. The molecule has 18 heavy (non-hydrogen) atoms. The first-order chi connectivity index (χ1) is 8.44. The first-order valence-electron chi connectivity index (χ1n) is 7.12. The second-order valence-corrected chi connectivity index (χ2v) is 5.58. The molecule has 0 saturated heterocycles. The number of hydrogen-bond acceptors (Lipinski definition) is 4. The third kappa shape index (κ3) is 3.45. The Morgan fingerprint density at radius 2 is 2.22 bits per heavy atom. The van der Waals surface area contributed by atoms with E-state index in [0.29, 0.717) is 18.7 Å². The van der Waals surface area contributed by atoms with Crippen molar-refractivity contribution < 1.29 is 9.53 Å². The second-order valence-electron chi connectivity index (χ2n) is 5.58. The maximum atomic E-state index is 11.9. The monoisotopic (exact) mass is 256 g/mol. The van der Waals surface area contributed by atoms with E-state index in [9.17, 15) is 4.79 Å². The van der Waals surface area contributed by atoms with E-state index in [2.05, 4.69) is 25.8 Å². The fraction of sp³-hybridized carbons (Fsp3) is 0.929. The van der Waals surface area contributed by atoms with Crippen LogP contribution >= 0.6 is 0 Å². The number of nitrogens with two attached hydrogens (primary N) is 1. The van der Waals surface area contributed by atoms with Crippen molar-refractivity contribution >= 4 is 5.97 Å². The number of rotatable bonds is 6. The van der Waals surface area contributed by atoms with E-state index in [1.54, 1.807) is 0 Å². The van der Waals surface area contributed by atoms with Crippen LogP contribution in [-0.2, 0) is 9.53 Å². The predicted octanol–water partition coefficient (Wildman–Crippen LogP) is 1.92. The summed E-state index contributed by atoms with van der Waals surface area (Å²) in [5, 5.41) is 0. The molecule has 0 aliphatic heterocycles. The summed E-state index contributed by atoms with van der Waals surface area (Å²) < 4.78 is 5.08. The fourth-order valence-corrected chi connectivity index (χ4v) is 2.84. The van der Waals surface area contributed by atoms with Crippen LogP contribution in [0.1, 0.15) is 52.9 Å². The summed E-state index contributed by atoms with van der Waals surface area (Å²) in [6.45, 7) is 6.67. The van der Waals surface area contributed by atoms with Crippen LogP contribution in [0.15, 0.2) is 0 Å². The SMILES string of the molecule is CCCC(C)N(C)C1CCC(N)(C(=O)OCC)C1. The number of nitrogens with zero attached hydrogens (tertiary/aromatic N) is 1. The van der Waals surface area contributed by atoms with Gasteiger partial charge in [-0.2, -0.15) is 0 Å². The van der Waals surface area contributed by atoms with Crippen LogP contribution < -0.4 is 5.73 Å². The summed E-state index contributed by atoms with van der Waals surface area (Å²) >= 11 is 0. The molecule has 4 nitrogen and oxygen atoms in total. The molecular weight excluding hydrogens is 228 g/mol. The first-order valence-corrected chi connectivity index (χ1v) is 7.12. The van der Waals surface area contributed by atoms with E-state index in [1.807, 2.05) is 6.92 Å². The zero-order valence-corrected chi connectivity index (χ0v) is 12.2. The van der Waals surface area contributed by atoms with Crippen molar-refractivity contribution in [1.82, 2.24) is 4.90 Å². The molecule has 0 amide bonds. The standard InChI is InChI=1S/C14H28N2O2/c1-5-7-11(3)16(4)12-8-9-14(15,10-12)13(17)18-6-2/h11-12H,5-10,15H2,1-4H3. The van der Waals surface area contributed by atoms with Crippen molar-refractivity contribution in [1.29, 1.82) is 0 Å². The summed E-state index contributed by atoms with van der Waals surface area (Å²) in [6, 6.07) is 0.950. The first kappa shape index (κ1) is 15.4. The number of ether oxygens (including phenoxy) is 1. The molecule has 0 aromatic heterocycles. The Balaban J connectivity index is 2.56. The van der Waals surface area contributed by atoms with Gasteiger partial charge in [0.15, 0.2) is 0 Å². The highest BCUT2D eigenvalue weighted by Crippen LogP contribution is 2.33. The smallest absolute Gasteiger partial charge is 0.326 e. The molecule has 0 radical (unpaired) electrons. The second kappa shape index (κ2) is 6.53. The van der Waals surface area contributed by atoms with Gasteiger partial charge in [0.05, 0.1) is 6.61 Å². The molecule has 1 aliphatic carbocycles. The maximum Gasteiger partial charge on any atom is 0.326 e. The topological polar surface area (TPSA) is 55.6 Å². The van der Waals surface area contributed by atoms with Crippen LogP contribution in [0, 0.1) is 0 Å². The van der Waals surface area contributed by atoms with Crippen molar-refractivity contribution in [2.24, 2.45) is 5.73 Å². The molecule has 3 atom stereocenters. The largest absolute Gasteiger partial charge is 0.465 e. The normalized spacial score (nSPS) is 29.6. The van der Waals surface area contributed by atoms with Gasteiger partial charge in [-0.05, 0) is 46.6 Å². The molecule has 106 valence electrons. The van der Waals surface area contributed by atoms with E-state index in [-0.39, 0.29) is 5.97 Å². The predicted molar refractivity (Wildman–Crippen MR) is 73.3 cm³/mol. The van der Waals surface area contributed by atoms with Gasteiger partial charge in [0, 0.05) is 12.1 Å². The summed E-state index contributed by atoms with van der Waals surface area (Å²) in [5.74, 6) is -0.232. The lowest BCUT2D eigenvalue weighted by Crippen LogP contribution is -2.48. The van der Waals surface area contributed by atoms with Gasteiger partial charge in [-0.3, -0.25) is 4.79 Å². The maximum absolute atomic E-state index is 11.9. The average Bonchev–Trinajstić information content (AvgIpc) is 2.73. The zero-order chi connectivity index (χ0) is 13.8. The van der Waals surface area contributed by atoms with Crippen LogP contribution in [0.3, 0.4) is 0 Å². The Labute approximate surface area is 111 Å². The van der Waals surface area contributed by atoms with Gasteiger partial charge in [-0.15, -0.1) is 0 Å². The van der Waals surface area contributed by atoms with Gasteiger partial charge in [0.2, 0.25) is 0 Å². The fourth-order valence-electron chi connectivity index (χ4n) is 2.84. The Bertz CT molecular complexity index is 283. The highest BCUT2D eigenvalue weighted by molar-refractivity contribution is 5.81. The van der Waals surface area contributed by atoms with Gasteiger partial charge < -0.3 is 15.4 Å². The molecule has 0 spiro atoms. The van der Waals surface area contributed by atoms with E-state index >= 15 is 0 Å². The van der Waals surface area contributed by atoms with E-state index in [0.717, 1.165) is 19.3 Å². The van der Waals surface area contributed by atoms with E-state index < -0.39 is 5.54 Å². The Hall–Kier alpha value is -0.610. The summed E-state index contributed by atoms with van der Waals surface area (Å²) in [5.41, 5.74) is 5.43. The van der Waals surface area contributed by atoms with Crippen LogP contribution in [-0.4, -0.2) is 42.1 Å². The van der Waals surface area contributed by atoms with Crippen molar-refractivity contribution in [2.45, 2.75) is 70.5 Å². The Morgan fingerprint density at radius 3 is 2.78 bits per heavy atom. The highest BCUT2D eigenvalue weighted by atomic mass is 16.5. The van der Waals surface area contributed by atoms with Crippen LogP contribution in [0.5, 0.6) is 0 Å². The van der Waals surface area contributed by atoms with Crippen molar-refractivity contribution in [3.05, 3.63) is 0 Å². The minimum absolute atomic E-state index is 0.232. The Kier molecular flexibility index (Phi) is 5.60. The molecule has 2 N–H and O–H groups in total. The molecule has 4 heteroatoms. The minimum Gasteiger partial charge on any atom is -0.465 e. The lowest BCUT2D eigenvalue weighted by atomic mass is 9.98. The van der Waals surface area contributed by atoms with Gasteiger partial charge in [-0.25, -0.2) is 0 Å². The molecule has 1 fully saturated rings. The Morgan fingerprint density at radius 1 is 1.56 bits per heavy atom. The minimum atomic E-state index is -0.763. The molecule has 1 saturated carbocycles.